The van der Waals surface area contributed by atoms with E-state index in [9.17, 15) is 9.90 Å². The van der Waals surface area contributed by atoms with E-state index in [2.05, 4.69) is 32.9 Å². The van der Waals surface area contributed by atoms with Crippen molar-refractivity contribution in [2.75, 3.05) is 0 Å². The van der Waals surface area contributed by atoms with Gasteiger partial charge in [0.25, 0.3) is 0 Å². The van der Waals surface area contributed by atoms with Gasteiger partial charge in [0.05, 0.1) is 18.1 Å². The molecule has 0 amide bonds. The van der Waals surface area contributed by atoms with Crippen molar-refractivity contribution in [1.29, 1.82) is 0 Å². The summed E-state index contributed by atoms with van der Waals surface area (Å²) in [5, 5.41) is 9.88. The van der Waals surface area contributed by atoms with E-state index in [0.717, 1.165) is 44.9 Å². The number of ether oxygens (including phenoxy) is 1. The quantitative estimate of drug-likeness (QED) is 0.323. The fourth-order valence-electron chi connectivity index (χ4n) is 3.31. The molecule has 1 aliphatic rings. The van der Waals surface area contributed by atoms with Gasteiger partial charge in [-0.1, -0.05) is 30.2 Å². The van der Waals surface area contributed by atoms with Crippen molar-refractivity contribution in [3.63, 3.8) is 0 Å². The molecule has 0 radical (unpaired) electrons. The Balaban J connectivity index is 1.64. The lowest BCUT2D eigenvalue weighted by Gasteiger charge is -2.07. The average molecular weight is 399 g/mol. The van der Waals surface area contributed by atoms with E-state index < -0.39 is 5.97 Å². The van der Waals surface area contributed by atoms with Crippen molar-refractivity contribution < 1.29 is 19.1 Å². The van der Waals surface area contributed by atoms with Gasteiger partial charge in [-0.25, -0.2) is 4.79 Å². The Hall–Kier alpha value is -2.49. The van der Waals surface area contributed by atoms with Gasteiger partial charge in [-0.3, -0.25) is 0 Å². The highest BCUT2D eigenvalue weighted by Crippen LogP contribution is 2.26. The minimum absolute atomic E-state index is 0.0273. The highest BCUT2D eigenvalue weighted by atomic mass is 16.6. The molecule has 158 valence electrons. The molecule has 0 saturated carbocycles. The summed E-state index contributed by atoms with van der Waals surface area (Å²) >= 11 is 0. The van der Waals surface area contributed by atoms with Crippen molar-refractivity contribution in [2.45, 2.75) is 72.6 Å². The number of hydrogen-bond donors (Lipinski definition) is 1. The van der Waals surface area contributed by atoms with E-state index in [4.69, 9.17) is 9.15 Å². The molecule has 2 heterocycles. The molecular formula is C25H34O4. The van der Waals surface area contributed by atoms with Crippen LogP contribution in [0.15, 0.2) is 69.5 Å². The molecule has 0 bridgehead atoms. The number of carbonyl (C=O) groups excluding carboxylic acids is 1. The molecule has 4 heteroatoms. The smallest absolute Gasteiger partial charge is 0.343 e. The number of hydrogen-bond acceptors (Lipinski definition) is 4. The summed E-state index contributed by atoms with van der Waals surface area (Å²) in [6.45, 7) is 8.04. The molecule has 29 heavy (non-hydrogen) atoms. The van der Waals surface area contributed by atoms with E-state index in [1.165, 1.54) is 16.7 Å². The molecule has 0 spiro atoms. The van der Waals surface area contributed by atoms with E-state index in [0.29, 0.717) is 5.76 Å². The number of cyclic esters (lactones) is 1. The van der Waals surface area contributed by atoms with Gasteiger partial charge in [0.15, 0.2) is 11.5 Å². The fraction of sp³-hybridized carbons (Fsp3) is 0.480. The summed E-state index contributed by atoms with van der Waals surface area (Å²) in [5.74, 6) is 0.0448. The van der Waals surface area contributed by atoms with Crippen LogP contribution in [-0.4, -0.2) is 11.1 Å². The standard InChI is InChI=1S/C25H34O4/c1-18(8-5-9-19(2)11-7-13-22-14-15-28-17-22)10-6-12-20(3)16-23-24(26)21(4)25(27)29-23/h9-10,14-17,20,26H,5-8,11-13H2,1-4H3/b18-10+,19-9-,23-16-/t20-/m1/s1. The average Bonchev–Trinajstić information content (AvgIpc) is 3.27. The van der Waals surface area contributed by atoms with Crippen LogP contribution in [0.1, 0.15) is 71.8 Å². The number of furan rings is 1. The monoisotopic (exact) mass is 398 g/mol. The Morgan fingerprint density at radius 1 is 1.17 bits per heavy atom. The van der Waals surface area contributed by atoms with Crippen molar-refractivity contribution >= 4 is 5.97 Å². The third kappa shape index (κ3) is 7.80. The van der Waals surface area contributed by atoms with Crippen LogP contribution in [0.3, 0.4) is 0 Å². The van der Waals surface area contributed by atoms with Crippen molar-refractivity contribution in [2.24, 2.45) is 5.92 Å². The molecule has 1 aliphatic heterocycles. The zero-order valence-electron chi connectivity index (χ0n) is 18.2. The summed E-state index contributed by atoms with van der Waals surface area (Å²) in [5.41, 5.74) is 4.41. The Morgan fingerprint density at radius 3 is 2.55 bits per heavy atom. The van der Waals surface area contributed by atoms with Gasteiger partial charge in [0.1, 0.15) is 0 Å². The molecule has 0 aliphatic carbocycles. The van der Waals surface area contributed by atoms with E-state index in [1.54, 1.807) is 13.2 Å². The van der Waals surface area contributed by atoms with Gasteiger partial charge >= 0.3 is 5.97 Å². The molecule has 0 aromatic carbocycles. The maximum atomic E-state index is 11.4. The number of aliphatic hydroxyl groups excluding tert-OH is 1. The lowest BCUT2D eigenvalue weighted by atomic mass is 10.0. The highest BCUT2D eigenvalue weighted by Gasteiger charge is 2.26. The van der Waals surface area contributed by atoms with Crippen molar-refractivity contribution in [3.05, 3.63) is 70.6 Å². The van der Waals surface area contributed by atoms with Crippen LogP contribution < -0.4 is 0 Å². The van der Waals surface area contributed by atoms with Gasteiger partial charge < -0.3 is 14.3 Å². The SMILES string of the molecule is CC1=C(O)/C(=C/[C@H](C)CC/C=C(\C)CC/C=C(/C)CCCc2ccoc2)OC1=O. The zero-order valence-corrected chi connectivity index (χ0v) is 18.2. The first-order valence-corrected chi connectivity index (χ1v) is 10.5. The summed E-state index contributed by atoms with van der Waals surface area (Å²) in [4.78, 5) is 11.4. The highest BCUT2D eigenvalue weighted by molar-refractivity contribution is 5.93. The Morgan fingerprint density at radius 2 is 1.90 bits per heavy atom. The zero-order chi connectivity index (χ0) is 21.2. The van der Waals surface area contributed by atoms with Gasteiger partial charge in [-0.15, -0.1) is 0 Å². The minimum Gasteiger partial charge on any atom is -0.504 e. The molecule has 0 saturated heterocycles. The van der Waals surface area contributed by atoms with Crippen molar-refractivity contribution in [1.82, 2.24) is 0 Å². The minimum atomic E-state index is -0.457. The van der Waals surface area contributed by atoms with Crippen LogP contribution in [-0.2, 0) is 16.0 Å². The van der Waals surface area contributed by atoms with Crippen LogP contribution in [0.2, 0.25) is 0 Å². The first kappa shape index (κ1) is 22.8. The third-order valence-corrected chi connectivity index (χ3v) is 5.30. The molecule has 1 aromatic rings. The summed E-state index contributed by atoms with van der Waals surface area (Å²) in [7, 11) is 0. The summed E-state index contributed by atoms with van der Waals surface area (Å²) < 4.78 is 10.2. The van der Waals surface area contributed by atoms with Gasteiger partial charge in [-0.05, 0) is 89.3 Å². The van der Waals surface area contributed by atoms with Gasteiger partial charge in [0, 0.05) is 0 Å². The van der Waals surface area contributed by atoms with Crippen molar-refractivity contribution in [3.8, 4) is 0 Å². The largest absolute Gasteiger partial charge is 0.504 e. The molecule has 1 aromatic heterocycles. The molecule has 4 nitrogen and oxygen atoms in total. The third-order valence-electron chi connectivity index (χ3n) is 5.30. The molecule has 1 atom stereocenters. The van der Waals surface area contributed by atoms with Gasteiger partial charge in [0.2, 0.25) is 0 Å². The normalized spacial score (nSPS) is 17.9. The number of rotatable bonds is 11. The lowest BCUT2D eigenvalue weighted by molar-refractivity contribution is -0.133. The second kappa shape index (κ2) is 11.5. The number of esters is 1. The maximum absolute atomic E-state index is 11.4. The van der Waals surface area contributed by atoms with E-state index in [-0.39, 0.29) is 17.3 Å². The topological polar surface area (TPSA) is 59.7 Å². The maximum Gasteiger partial charge on any atom is 0.343 e. The molecule has 2 rings (SSSR count). The molecule has 0 fully saturated rings. The first-order chi connectivity index (χ1) is 13.9. The molecule has 0 unspecified atom stereocenters. The summed E-state index contributed by atoms with van der Waals surface area (Å²) in [6.07, 6.45) is 17.5. The second-order valence-electron chi connectivity index (χ2n) is 8.07. The van der Waals surface area contributed by atoms with E-state index >= 15 is 0 Å². The predicted molar refractivity (Wildman–Crippen MR) is 116 cm³/mol. The lowest BCUT2D eigenvalue weighted by Crippen LogP contribution is -1.97. The fourth-order valence-corrected chi connectivity index (χ4v) is 3.31. The van der Waals surface area contributed by atoms with Crippen LogP contribution in [0.4, 0.5) is 0 Å². The van der Waals surface area contributed by atoms with Gasteiger partial charge in [-0.2, -0.15) is 0 Å². The first-order valence-electron chi connectivity index (χ1n) is 10.5. The number of aryl methyl sites for hydroxylation is 1. The number of aliphatic hydroxyl groups is 1. The molecule has 1 N–H and O–H groups in total. The van der Waals surface area contributed by atoms with Crippen LogP contribution >= 0.6 is 0 Å². The van der Waals surface area contributed by atoms with E-state index in [1.807, 2.05) is 18.4 Å². The van der Waals surface area contributed by atoms with Crippen LogP contribution in [0, 0.1) is 5.92 Å². The molecular weight excluding hydrogens is 364 g/mol. The van der Waals surface area contributed by atoms with Crippen LogP contribution in [0.5, 0.6) is 0 Å². The number of carbonyl (C=O) groups is 1. The predicted octanol–water partition coefficient (Wildman–Crippen LogP) is 6.96. The second-order valence-corrected chi connectivity index (χ2v) is 8.07. The summed E-state index contributed by atoms with van der Waals surface area (Å²) in [6, 6.07) is 2.03. The Bertz CT molecular complexity index is 791. The number of allylic oxidation sites excluding steroid dienone is 5. The Kier molecular flexibility index (Phi) is 9.04. The Labute approximate surface area is 174 Å². The van der Waals surface area contributed by atoms with Crippen LogP contribution in [0.25, 0.3) is 0 Å².